The van der Waals surface area contributed by atoms with E-state index in [-0.39, 0.29) is 17.2 Å². The minimum Gasteiger partial charge on any atom is -0.355 e. The second-order valence-corrected chi connectivity index (χ2v) is 6.06. The molecule has 4 heteroatoms. The number of nitrogens with zero attached hydrogens (tertiary/aromatic N) is 1. The van der Waals surface area contributed by atoms with E-state index in [1.807, 2.05) is 18.2 Å². The third-order valence-electron chi connectivity index (χ3n) is 2.92. The van der Waals surface area contributed by atoms with Gasteiger partial charge in [-0.15, -0.1) is 0 Å². The maximum Gasteiger partial charge on any atom is 0.224 e. The molecular formula is C15H25N3O. The van der Waals surface area contributed by atoms with Crippen LogP contribution < -0.4 is 11.1 Å². The minimum atomic E-state index is -0.108. The Bertz CT molecular complexity index is 384. The Balaban J connectivity index is 2.37. The summed E-state index contributed by atoms with van der Waals surface area (Å²) in [5.41, 5.74) is 6.79. The van der Waals surface area contributed by atoms with Crippen molar-refractivity contribution < 1.29 is 4.79 Å². The highest BCUT2D eigenvalue weighted by atomic mass is 16.1. The van der Waals surface area contributed by atoms with Gasteiger partial charge in [0.15, 0.2) is 0 Å². The fraction of sp³-hybridized carbons (Fsp3) is 0.600. The van der Waals surface area contributed by atoms with Crippen LogP contribution in [-0.4, -0.2) is 24.0 Å². The van der Waals surface area contributed by atoms with Gasteiger partial charge in [0, 0.05) is 31.4 Å². The average molecular weight is 263 g/mol. The summed E-state index contributed by atoms with van der Waals surface area (Å²) in [5.74, 6) is -0.0583. The molecule has 4 nitrogen and oxygen atoms in total. The summed E-state index contributed by atoms with van der Waals surface area (Å²) < 4.78 is 0. The van der Waals surface area contributed by atoms with Crippen LogP contribution in [0.15, 0.2) is 24.4 Å². The number of carbonyl (C=O) groups is 1. The van der Waals surface area contributed by atoms with E-state index in [0.717, 1.165) is 18.5 Å². The number of hydrogen-bond acceptors (Lipinski definition) is 3. The summed E-state index contributed by atoms with van der Waals surface area (Å²) in [6.45, 7) is 7.37. The Morgan fingerprint density at radius 1 is 1.42 bits per heavy atom. The van der Waals surface area contributed by atoms with Gasteiger partial charge in [0.25, 0.3) is 0 Å². The van der Waals surface area contributed by atoms with E-state index >= 15 is 0 Å². The van der Waals surface area contributed by atoms with E-state index in [1.165, 1.54) is 0 Å². The largest absolute Gasteiger partial charge is 0.355 e. The van der Waals surface area contributed by atoms with Crippen LogP contribution in [-0.2, 0) is 11.2 Å². The van der Waals surface area contributed by atoms with Crippen molar-refractivity contribution in [2.75, 3.05) is 13.1 Å². The normalized spacial score (nSPS) is 13.1. The Labute approximate surface area is 115 Å². The highest BCUT2D eigenvalue weighted by Gasteiger charge is 2.23. The summed E-state index contributed by atoms with van der Waals surface area (Å²) in [6.07, 6.45) is 3.32. The molecule has 1 amide bonds. The molecule has 0 saturated carbocycles. The van der Waals surface area contributed by atoms with Crippen LogP contribution in [0.1, 0.15) is 32.9 Å². The zero-order chi connectivity index (χ0) is 14.3. The summed E-state index contributed by atoms with van der Waals surface area (Å²) in [5, 5.41) is 2.95. The summed E-state index contributed by atoms with van der Waals surface area (Å²) in [4.78, 5) is 16.3. The van der Waals surface area contributed by atoms with E-state index in [4.69, 9.17) is 5.73 Å². The van der Waals surface area contributed by atoms with Crippen LogP contribution in [0, 0.1) is 11.3 Å². The molecule has 0 aromatic carbocycles. The van der Waals surface area contributed by atoms with Crippen LogP contribution >= 0.6 is 0 Å². The molecule has 0 saturated heterocycles. The molecule has 0 bridgehead atoms. The fourth-order valence-electron chi connectivity index (χ4n) is 2.03. The molecule has 0 radical (unpaired) electrons. The molecule has 0 fully saturated rings. The van der Waals surface area contributed by atoms with Gasteiger partial charge in [-0.2, -0.15) is 0 Å². The van der Waals surface area contributed by atoms with Crippen molar-refractivity contribution in [1.82, 2.24) is 10.3 Å². The standard InChI is InChI=1S/C15H25N3O/c1-15(2,3)10-12(11-16)14(19)18-9-7-13-6-4-5-8-17-13/h4-6,8,12H,7,9-11,16H2,1-3H3,(H,18,19). The lowest BCUT2D eigenvalue weighted by molar-refractivity contribution is -0.125. The highest BCUT2D eigenvalue weighted by molar-refractivity contribution is 5.78. The second kappa shape index (κ2) is 7.24. The number of pyridine rings is 1. The lowest BCUT2D eigenvalue weighted by Gasteiger charge is -2.24. The van der Waals surface area contributed by atoms with Crippen molar-refractivity contribution >= 4 is 5.91 Å². The van der Waals surface area contributed by atoms with E-state index in [2.05, 4.69) is 31.1 Å². The van der Waals surface area contributed by atoms with E-state index < -0.39 is 0 Å². The first-order chi connectivity index (χ1) is 8.92. The van der Waals surface area contributed by atoms with Crippen LogP contribution in [0.25, 0.3) is 0 Å². The molecule has 1 heterocycles. The zero-order valence-corrected chi connectivity index (χ0v) is 12.1. The smallest absolute Gasteiger partial charge is 0.224 e. The lowest BCUT2D eigenvalue weighted by atomic mass is 9.84. The van der Waals surface area contributed by atoms with Gasteiger partial charge in [-0.25, -0.2) is 0 Å². The van der Waals surface area contributed by atoms with Crippen LogP contribution in [0.5, 0.6) is 0 Å². The molecule has 1 aromatic heterocycles. The molecule has 19 heavy (non-hydrogen) atoms. The average Bonchev–Trinajstić information content (AvgIpc) is 2.36. The molecule has 0 aliphatic heterocycles. The minimum absolute atomic E-state index is 0.0494. The monoisotopic (exact) mass is 263 g/mol. The first-order valence-corrected chi connectivity index (χ1v) is 6.80. The molecule has 1 unspecified atom stereocenters. The Kier molecular flexibility index (Phi) is 5.96. The van der Waals surface area contributed by atoms with Gasteiger partial charge in [0.1, 0.15) is 0 Å². The lowest BCUT2D eigenvalue weighted by Crippen LogP contribution is -2.38. The second-order valence-electron chi connectivity index (χ2n) is 6.06. The molecule has 0 aliphatic rings. The summed E-state index contributed by atoms with van der Waals surface area (Å²) >= 11 is 0. The molecule has 1 rings (SSSR count). The maximum absolute atomic E-state index is 12.0. The first-order valence-electron chi connectivity index (χ1n) is 6.80. The topological polar surface area (TPSA) is 68.0 Å². The van der Waals surface area contributed by atoms with Crippen molar-refractivity contribution in [3.05, 3.63) is 30.1 Å². The van der Waals surface area contributed by atoms with Crippen molar-refractivity contribution in [2.24, 2.45) is 17.1 Å². The number of nitrogens with one attached hydrogen (secondary N) is 1. The van der Waals surface area contributed by atoms with E-state index in [0.29, 0.717) is 13.1 Å². The Morgan fingerprint density at radius 2 is 2.16 bits per heavy atom. The van der Waals surface area contributed by atoms with Crippen molar-refractivity contribution in [1.29, 1.82) is 0 Å². The van der Waals surface area contributed by atoms with Gasteiger partial charge in [-0.05, 0) is 24.0 Å². The molecule has 0 aliphatic carbocycles. The number of hydrogen-bond donors (Lipinski definition) is 2. The first kappa shape index (κ1) is 15.6. The van der Waals surface area contributed by atoms with Crippen LogP contribution in [0.3, 0.4) is 0 Å². The number of nitrogens with two attached hydrogens (primary N) is 1. The summed E-state index contributed by atoms with van der Waals surface area (Å²) in [6, 6.07) is 5.80. The predicted molar refractivity (Wildman–Crippen MR) is 77.6 cm³/mol. The fourth-order valence-corrected chi connectivity index (χ4v) is 2.03. The van der Waals surface area contributed by atoms with Crippen molar-refractivity contribution in [2.45, 2.75) is 33.6 Å². The number of carbonyl (C=O) groups excluding carboxylic acids is 1. The SMILES string of the molecule is CC(C)(C)CC(CN)C(=O)NCCc1ccccn1. The molecular weight excluding hydrogens is 238 g/mol. The van der Waals surface area contributed by atoms with Gasteiger partial charge in [0.2, 0.25) is 5.91 Å². The maximum atomic E-state index is 12.0. The van der Waals surface area contributed by atoms with Crippen molar-refractivity contribution in [3.63, 3.8) is 0 Å². The van der Waals surface area contributed by atoms with Crippen LogP contribution in [0.2, 0.25) is 0 Å². The molecule has 1 atom stereocenters. The van der Waals surface area contributed by atoms with Crippen molar-refractivity contribution in [3.8, 4) is 0 Å². The van der Waals surface area contributed by atoms with E-state index in [9.17, 15) is 4.79 Å². The number of amides is 1. The predicted octanol–water partition coefficient (Wildman–Crippen LogP) is 1.75. The van der Waals surface area contributed by atoms with Gasteiger partial charge in [0.05, 0.1) is 5.92 Å². The quantitative estimate of drug-likeness (QED) is 0.821. The van der Waals surface area contributed by atoms with E-state index in [1.54, 1.807) is 6.20 Å². The number of aromatic nitrogens is 1. The summed E-state index contributed by atoms with van der Waals surface area (Å²) in [7, 11) is 0. The molecule has 106 valence electrons. The molecule has 3 N–H and O–H groups in total. The van der Waals surface area contributed by atoms with Gasteiger partial charge in [-0.3, -0.25) is 9.78 Å². The highest BCUT2D eigenvalue weighted by Crippen LogP contribution is 2.23. The van der Waals surface area contributed by atoms with Gasteiger partial charge in [-0.1, -0.05) is 26.8 Å². The Hall–Kier alpha value is -1.42. The zero-order valence-electron chi connectivity index (χ0n) is 12.1. The van der Waals surface area contributed by atoms with Gasteiger partial charge < -0.3 is 11.1 Å². The number of rotatable bonds is 6. The van der Waals surface area contributed by atoms with Gasteiger partial charge >= 0.3 is 0 Å². The van der Waals surface area contributed by atoms with Crippen LogP contribution in [0.4, 0.5) is 0 Å². The third-order valence-corrected chi connectivity index (χ3v) is 2.92. The molecule has 1 aromatic rings. The Morgan fingerprint density at radius 3 is 2.68 bits per heavy atom. The third kappa shape index (κ3) is 6.34. The molecule has 0 spiro atoms.